The fourth-order valence-electron chi connectivity index (χ4n) is 2.76. The summed E-state index contributed by atoms with van der Waals surface area (Å²) in [7, 11) is 0. The minimum Gasteiger partial charge on any atom is -0.490 e. The molecule has 20 heavy (non-hydrogen) atoms. The van der Waals surface area contributed by atoms with Gasteiger partial charge in [0.15, 0.2) is 0 Å². The first kappa shape index (κ1) is 15.3. The fraction of sp³-hybridized carbons (Fsp3) is 0.625. The van der Waals surface area contributed by atoms with Crippen LogP contribution in [0.1, 0.15) is 51.1 Å². The molecule has 1 atom stereocenters. The lowest BCUT2D eigenvalue weighted by Gasteiger charge is -2.22. The summed E-state index contributed by atoms with van der Waals surface area (Å²) in [6, 6.07) is 4.90. The van der Waals surface area contributed by atoms with E-state index in [9.17, 15) is 9.50 Å². The second-order valence-corrected chi connectivity index (χ2v) is 5.68. The van der Waals surface area contributed by atoms with Gasteiger partial charge in [-0.1, -0.05) is 25.8 Å². The first-order valence-corrected chi connectivity index (χ1v) is 7.42. The van der Waals surface area contributed by atoms with Gasteiger partial charge in [-0.2, -0.15) is 0 Å². The predicted molar refractivity (Wildman–Crippen MR) is 77.4 cm³/mol. The van der Waals surface area contributed by atoms with Crippen LogP contribution in [-0.4, -0.2) is 23.9 Å². The van der Waals surface area contributed by atoms with Crippen molar-refractivity contribution in [1.29, 1.82) is 0 Å². The standard InChI is InChI=1S/C16H24FNO2/c1-3-18-12(2)14-7-6-13(10-15(14)17)20-11-16(19)8-4-5-9-16/h6-7,10,12,18-19H,3-5,8-9,11H2,1-2H3. The van der Waals surface area contributed by atoms with Crippen LogP contribution in [0.3, 0.4) is 0 Å². The van der Waals surface area contributed by atoms with Crippen molar-refractivity contribution in [2.75, 3.05) is 13.2 Å². The topological polar surface area (TPSA) is 41.5 Å². The first-order valence-electron chi connectivity index (χ1n) is 7.42. The number of halogens is 1. The van der Waals surface area contributed by atoms with Crippen LogP contribution in [0.2, 0.25) is 0 Å². The Kier molecular flexibility index (Phi) is 5.00. The lowest BCUT2D eigenvalue weighted by molar-refractivity contribution is 0.00131. The Morgan fingerprint density at radius 1 is 1.40 bits per heavy atom. The Morgan fingerprint density at radius 3 is 2.70 bits per heavy atom. The monoisotopic (exact) mass is 281 g/mol. The average molecular weight is 281 g/mol. The molecule has 1 aromatic carbocycles. The number of ether oxygens (including phenoxy) is 1. The van der Waals surface area contributed by atoms with Crippen LogP contribution in [0.5, 0.6) is 5.75 Å². The zero-order valence-electron chi connectivity index (χ0n) is 12.3. The molecular formula is C16H24FNO2. The molecule has 0 aromatic heterocycles. The van der Waals surface area contributed by atoms with Gasteiger partial charge >= 0.3 is 0 Å². The van der Waals surface area contributed by atoms with Crippen LogP contribution in [-0.2, 0) is 0 Å². The highest BCUT2D eigenvalue weighted by Crippen LogP contribution is 2.30. The van der Waals surface area contributed by atoms with Crippen molar-refractivity contribution in [3.63, 3.8) is 0 Å². The Hall–Kier alpha value is -1.13. The van der Waals surface area contributed by atoms with E-state index < -0.39 is 5.60 Å². The molecule has 3 nitrogen and oxygen atoms in total. The second kappa shape index (κ2) is 6.55. The fourth-order valence-corrected chi connectivity index (χ4v) is 2.76. The second-order valence-electron chi connectivity index (χ2n) is 5.68. The normalized spacial score (nSPS) is 19.0. The van der Waals surface area contributed by atoms with Gasteiger partial charge in [-0.15, -0.1) is 0 Å². The smallest absolute Gasteiger partial charge is 0.131 e. The molecule has 1 aliphatic rings. The zero-order valence-corrected chi connectivity index (χ0v) is 12.3. The molecule has 0 radical (unpaired) electrons. The van der Waals surface area contributed by atoms with Crippen molar-refractivity contribution >= 4 is 0 Å². The number of benzene rings is 1. The van der Waals surface area contributed by atoms with E-state index in [0.29, 0.717) is 11.3 Å². The highest BCUT2D eigenvalue weighted by atomic mass is 19.1. The van der Waals surface area contributed by atoms with E-state index in [1.807, 2.05) is 13.8 Å². The van der Waals surface area contributed by atoms with Crippen molar-refractivity contribution in [3.05, 3.63) is 29.6 Å². The van der Waals surface area contributed by atoms with E-state index in [0.717, 1.165) is 32.2 Å². The number of aliphatic hydroxyl groups is 1. The van der Waals surface area contributed by atoms with E-state index in [-0.39, 0.29) is 18.5 Å². The molecule has 112 valence electrons. The highest BCUT2D eigenvalue weighted by Gasteiger charge is 2.31. The maximum absolute atomic E-state index is 14.0. The van der Waals surface area contributed by atoms with Gasteiger partial charge in [-0.3, -0.25) is 0 Å². The van der Waals surface area contributed by atoms with Gasteiger partial charge in [0.05, 0.1) is 5.60 Å². The lowest BCUT2D eigenvalue weighted by atomic mass is 10.0. The SMILES string of the molecule is CCNC(C)c1ccc(OCC2(O)CCCC2)cc1F. The first-order chi connectivity index (χ1) is 9.54. The van der Waals surface area contributed by atoms with Crippen molar-refractivity contribution in [2.45, 2.75) is 51.2 Å². The summed E-state index contributed by atoms with van der Waals surface area (Å²) in [4.78, 5) is 0. The Labute approximate surface area is 120 Å². The summed E-state index contributed by atoms with van der Waals surface area (Å²) >= 11 is 0. The summed E-state index contributed by atoms with van der Waals surface area (Å²) < 4.78 is 19.6. The molecule has 1 saturated carbocycles. The van der Waals surface area contributed by atoms with Crippen molar-refractivity contribution in [3.8, 4) is 5.75 Å². The molecule has 0 spiro atoms. The Bertz CT molecular complexity index is 444. The van der Waals surface area contributed by atoms with Crippen LogP contribution in [0, 0.1) is 5.82 Å². The van der Waals surface area contributed by atoms with Gasteiger partial charge in [-0.05, 0) is 32.4 Å². The largest absolute Gasteiger partial charge is 0.490 e. The number of rotatable bonds is 6. The molecule has 0 aliphatic heterocycles. The quantitative estimate of drug-likeness (QED) is 0.841. The Balaban J connectivity index is 1.98. The minimum absolute atomic E-state index is 0.0203. The molecular weight excluding hydrogens is 257 g/mol. The van der Waals surface area contributed by atoms with Crippen LogP contribution in [0.25, 0.3) is 0 Å². The van der Waals surface area contributed by atoms with E-state index in [1.54, 1.807) is 12.1 Å². The zero-order chi connectivity index (χ0) is 14.6. The number of nitrogens with one attached hydrogen (secondary N) is 1. The summed E-state index contributed by atoms with van der Waals surface area (Å²) in [6.45, 7) is 4.97. The highest BCUT2D eigenvalue weighted by molar-refractivity contribution is 5.30. The third-order valence-electron chi connectivity index (χ3n) is 3.99. The minimum atomic E-state index is -0.730. The molecule has 0 amide bonds. The molecule has 1 unspecified atom stereocenters. The third-order valence-corrected chi connectivity index (χ3v) is 3.99. The van der Waals surface area contributed by atoms with Crippen LogP contribution in [0.4, 0.5) is 4.39 Å². The summed E-state index contributed by atoms with van der Waals surface area (Å²) in [5.74, 6) is 0.213. The molecule has 1 aliphatic carbocycles. The molecule has 1 fully saturated rings. The molecule has 0 bridgehead atoms. The lowest BCUT2D eigenvalue weighted by Crippen LogP contribution is -2.32. The molecule has 4 heteroatoms. The number of hydrogen-bond donors (Lipinski definition) is 2. The van der Waals surface area contributed by atoms with Crippen molar-refractivity contribution < 1.29 is 14.2 Å². The number of hydrogen-bond acceptors (Lipinski definition) is 3. The maximum Gasteiger partial charge on any atom is 0.131 e. The Morgan fingerprint density at radius 2 is 2.10 bits per heavy atom. The van der Waals surface area contributed by atoms with Crippen LogP contribution in [0.15, 0.2) is 18.2 Å². The molecule has 2 rings (SSSR count). The average Bonchev–Trinajstić information content (AvgIpc) is 2.84. The van der Waals surface area contributed by atoms with Gasteiger partial charge in [0, 0.05) is 17.7 Å². The summed E-state index contributed by atoms with van der Waals surface area (Å²) in [6.07, 6.45) is 3.61. The van der Waals surface area contributed by atoms with E-state index in [4.69, 9.17) is 4.74 Å². The van der Waals surface area contributed by atoms with Gasteiger partial charge in [0.25, 0.3) is 0 Å². The molecule has 2 N–H and O–H groups in total. The van der Waals surface area contributed by atoms with Gasteiger partial charge in [0.1, 0.15) is 18.2 Å². The van der Waals surface area contributed by atoms with Crippen LogP contribution < -0.4 is 10.1 Å². The van der Waals surface area contributed by atoms with Gasteiger partial charge in [-0.25, -0.2) is 4.39 Å². The molecule has 1 aromatic rings. The molecule has 0 heterocycles. The van der Waals surface area contributed by atoms with E-state index in [2.05, 4.69) is 5.32 Å². The van der Waals surface area contributed by atoms with Crippen LogP contribution >= 0.6 is 0 Å². The maximum atomic E-state index is 14.0. The van der Waals surface area contributed by atoms with Crippen molar-refractivity contribution in [1.82, 2.24) is 5.32 Å². The van der Waals surface area contributed by atoms with E-state index in [1.165, 1.54) is 6.07 Å². The third kappa shape index (κ3) is 3.70. The summed E-state index contributed by atoms with van der Waals surface area (Å²) in [5.41, 5.74) is -0.0922. The van der Waals surface area contributed by atoms with Crippen molar-refractivity contribution in [2.24, 2.45) is 0 Å². The summed E-state index contributed by atoms with van der Waals surface area (Å²) in [5, 5.41) is 13.4. The molecule has 0 saturated heterocycles. The van der Waals surface area contributed by atoms with Gasteiger partial charge < -0.3 is 15.2 Å². The predicted octanol–water partition coefficient (Wildman–Crippen LogP) is 3.18. The van der Waals surface area contributed by atoms with Gasteiger partial charge in [0.2, 0.25) is 0 Å². The van der Waals surface area contributed by atoms with E-state index >= 15 is 0 Å².